The Morgan fingerprint density at radius 3 is 2.26 bits per heavy atom. The number of carbonyl (C=O) groups is 3. The van der Waals surface area contributed by atoms with E-state index in [1.54, 1.807) is 54.6 Å². The van der Waals surface area contributed by atoms with Gasteiger partial charge >= 0.3 is 0 Å². The molecule has 1 aliphatic rings. The van der Waals surface area contributed by atoms with Gasteiger partial charge in [0.15, 0.2) is 0 Å². The Morgan fingerprint density at radius 2 is 1.55 bits per heavy atom. The lowest BCUT2D eigenvalue weighted by Crippen LogP contribution is -2.29. The third-order valence-electron chi connectivity index (χ3n) is 4.73. The van der Waals surface area contributed by atoms with Gasteiger partial charge in [-0.15, -0.1) is 11.8 Å². The molecule has 8 heteroatoms. The van der Waals surface area contributed by atoms with Gasteiger partial charge in [-0.05, 0) is 48.0 Å². The minimum atomic E-state index is -0.412. The Morgan fingerprint density at radius 1 is 0.871 bits per heavy atom. The molecule has 1 heterocycles. The highest BCUT2D eigenvalue weighted by Crippen LogP contribution is 2.31. The first-order valence-electron chi connectivity index (χ1n) is 9.34. The maximum Gasteiger partial charge on any atom is 0.266 e. The molecule has 0 unspecified atom stereocenters. The largest absolute Gasteiger partial charge is 0.325 e. The smallest absolute Gasteiger partial charge is 0.266 e. The van der Waals surface area contributed by atoms with Crippen molar-refractivity contribution in [3.8, 4) is 0 Å². The van der Waals surface area contributed by atoms with E-state index in [9.17, 15) is 14.4 Å². The average molecular weight is 471 g/mol. The molecule has 156 valence electrons. The molecular formula is C23H16Cl2N2O3S. The Kier molecular flexibility index (Phi) is 6.32. The van der Waals surface area contributed by atoms with Gasteiger partial charge in [-0.3, -0.25) is 14.4 Å². The first kappa shape index (κ1) is 21.4. The van der Waals surface area contributed by atoms with Crippen molar-refractivity contribution in [1.29, 1.82) is 0 Å². The topological polar surface area (TPSA) is 66.5 Å². The van der Waals surface area contributed by atoms with E-state index in [1.165, 1.54) is 17.8 Å². The van der Waals surface area contributed by atoms with E-state index in [0.717, 1.165) is 10.5 Å². The number of hydrogen-bond donors (Lipinski definition) is 1. The fraction of sp³-hybridized carbons (Fsp3) is 0.0870. The lowest BCUT2D eigenvalue weighted by atomic mass is 10.1. The zero-order valence-electron chi connectivity index (χ0n) is 16.1. The molecule has 0 fully saturated rings. The average Bonchev–Trinajstić information content (AvgIpc) is 3.00. The summed E-state index contributed by atoms with van der Waals surface area (Å²) in [6.07, 6.45) is 0. The number of nitrogens with zero attached hydrogens (tertiary/aromatic N) is 1. The second-order valence-electron chi connectivity index (χ2n) is 6.78. The van der Waals surface area contributed by atoms with Crippen LogP contribution in [-0.4, -0.2) is 23.5 Å². The van der Waals surface area contributed by atoms with Crippen LogP contribution in [0, 0.1) is 0 Å². The van der Waals surface area contributed by atoms with Gasteiger partial charge in [0.05, 0.1) is 22.6 Å². The highest BCUT2D eigenvalue weighted by atomic mass is 35.5. The Labute approximate surface area is 193 Å². The maximum absolute atomic E-state index is 12.8. The number of thioether (sulfide) groups is 1. The molecule has 1 N–H and O–H groups in total. The summed E-state index contributed by atoms with van der Waals surface area (Å²) < 4.78 is 0. The first-order chi connectivity index (χ1) is 15.0. The first-order valence-corrected chi connectivity index (χ1v) is 11.2. The number of benzene rings is 3. The van der Waals surface area contributed by atoms with Gasteiger partial charge < -0.3 is 5.32 Å². The van der Waals surface area contributed by atoms with Crippen LogP contribution in [0.1, 0.15) is 26.3 Å². The van der Waals surface area contributed by atoms with E-state index in [4.69, 9.17) is 23.2 Å². The van der Waals surface area contributed by atoms with Crippen LogP contribution in [-0.2, 0) is 10.5 Å². The summed E-state index contributed by atoms with van der Waals surface area (Å²) in [4.78, 5) is 38.9. The normalized spacial score (nSPS) is 12.8. The Hall–Kier alpha value is -2.80. The molecule has 0 radical (unpaired) electrons. The minimum Gasteiger partial charge on any atom is -0.325 e. The van der Waals surface area contributed by atoms with E-state index in [-0.39, 0.29) is 23.1 Å². The summed E-state index contributed by atoms with van der Waals surface area (Å²) in [5, 5.41) is 3.89. The SMILES string of the molecule is O=C(CSCc1c(Cl)cccc1Cl)Nc1ccc2c(c1)C(=O)N(c1ccccc1)C2=O. The van der Waals surface area contributed by atoms with Crippen LogP contribution in [0.2, 0.25) is 10.0 Å². The number of carbonyl (C=O) groups excluding carboxylic acids is 3. The number of fused-ring (bicyclic) bond motifs is 1. The van der Waals surface area contributed by atoms with Crippen molar-refractivity contribution >= 4 is 64.1 Å². The van der Waals surface area contributed by atoms with E-state index >= 15 is 0 Å². The summed E-state index contributed by atoms with van der Waals surface area (Å²) in [7, 11) is 0. The summed E-state index contributed by atoms with van der Waals surface area (Å²) in [6.45, 7) is 0. The fourth-order valence-corrected chi connectivity index (χ4v) is 4.81. The number of anilines is 2. The van der Waals surface area contributed by atoms with Crippen LogP contribution in [0.3, 0.4) is 0 Å². The number of hydrogen-bond acceptors (Lipinski definition) is 4. The molecule has 3 aromatic carbocycles. The van der Waals surface area contributed by atoms with E-state index in [0.29, 0.717) is 32.7 Å². The number of halogens is 2. The van der Waals surface area contributed by atoms with E-state index < -0.39 is 5.91 Å². The molecule has 1 aliphatic heterocycles. The summed E-state index contributed by atoms with van der Waals surface area (Å²) in [5.74, 6) is -0.345. The molecule has 0 saturated heterocycles. The monoisotopic (exact) mass is 470 g/mol. The van der Waals surface area contributed by atoms with E-state index in [2.05, 4.69) is 5.32 Å². The molecule has 31 heavy (non-hydrogen) atoms. The van der Waals surface area contributed by atoms with Gasteiger partial charge in [-0.2, -0.15) is 0 Å². The molecule has 4 rings (SSSR count). The predicted octanol–water partition coefficient (Wildman–Crippen LogP) is 5.67. The molecule has 5 nitrogen and oxygen atoms in total. The molecule has 0 spiro atoms. The summed E-state index contributed by atoms with van der Waals surface area (Å²) in [5.41, 5.74) is 2.33. The Bertz CT molecular complexity index is 1160. The minimum absolute atomic E-state index is 0.182. The van der Waals surface area contributed by atoms with Crippen molar-refractivity contribution in [2.24, 2.45) is 0 Å². The second-order valence-corrected chi connectivity index (χ2v) is 8.58. The molecule has 3 aromatic rings. The van der Waals surface area contributed by atoms with Crippen molar-refractivity contribution in [2.45, 2.75) is 5.75 Å². The zero-order chi connectivity index (χ0) is 22.0. The van der Waals surface area contributed by atoms with Gasteiger partial charge in [0.1, 0.15) is 0 Å². The van der Waals surface area contributed by atoms with Crippen molar-refractivity contribution in [1.82, 2.24) is 0 Å². The van der Waals surface area contributed by atoms with Gasteiger partial charge in [0.2, 0.25) is 5.91 Å². The molecule has 0 bridgehead atoms. The van der Waals surface area contributed by atoms with Crippen molar-refractivity contribution in [3.63, 3.8) is 0 Å². The Balaban J connectivity index is 1.41. The van der Waals surface area contributed by atoms with Crippen molar-refractivity contribution in [2.75, 3.05) is 16.0 Å². The van der Waals surface area contributed by atoms with Crippen LogP contribution in [0.4, 0.5) is 11.4 Å². The highest BCUT2D eigenvalue weighted by Gasteiger charge is 2.36. The molecule has 3 amide bonds. The van der Waals surface area contributed by atoms with Crippen LogP contribution < -0.4 is 10.2 Å². The number of imide groups is 1. The molecule has 0 aliphatic carbocycles. The van der Waals surface area contributed by atoms with Gasteiger partial charge in [0.25, 0.3) is 11.8 Å². The highest BCUT2D eigenvalue weighted by molar-refractivity contribution is 7.99. The van der Waals surface area contributed by atoms with Crippen LogP contribution in [0.15, 0.2) is 66.7 Å². The number of nitrogens with one attached hydrogen (secondary N) is 1. The lowest BCUT2D eigenvalue weighted by Gasteiger charge is -2.13. The van der Waals surface area contributed by atoms with Gasteiger partial charge in [-0.25, -0.2) is 4.90 Å². The quantitative estimate of drug-likeness (QED) is 0.471. The maximum atomic E-state index is 12.8. The lowest BCUT2D eigenvalue weighted by molar-refractivity contribution is -0.113. The molecule has 0 atom stereocenters. The third-order valence-corrected chi connectivity index (χ3v) is 6.39. The van der Waals surface area contributed by atoms with Crippen LogP contribution in [0.25, 0.3) is 0 Å². The van der Waals surface area contributed by atoms with Gasteiger partial charge in [0, 0.05) is 21.5 Å². The molecule has 0 aromatic heterocycles. The van der Waals surface area contributed by atoms with Crippen molar-refractivity contribution in [3.05, 3.63) is 93.5 Å². The summed E-state index contributed by atoms with van der Waals surface area (Å²) in [6, 6.07) is 18.7. The zero-order valence-corrected chi connectivity index (χ0v) is 18.4. The number of amides is 3. The molecular weight excluding hydrogens is 455 g/mol. The number of para-hydroxylation sites is 1. The summed E-state index contributed by atoms with van der Waals surface area (Å²) >= 11 is 13.7. The predicted molar refractivity (Wildman–Crippen MR) is 125 cm³/mol. The van der Waals surface area contributed by atoms with Crippen LogP contribution >= 0.6 is 35.0 Å². The van der Waals surface area contributed by atoms with Crippen LogP contribution in [0.5, 0.6) is 0 Å². The third kappa shape index (κ3) is 4.46. The number of rotatable bonds is 6. The van der Waals surface area contributed by atoms with E-state index in [1.807, 2.05) is 6.07 Å². The van der Waals surface area contributed by atoms with Gasteiger partial charge in [-0.1, -0.05) is 47.5 Å². The second kappa shape index (κ2) is 9.14. The van der Waals surface area contributed by atoms with Crippen molar-refractivity contribution < 1.29 is 14.4 Å². The fourth-order valence-electron chi connectivity index (χ4n) is 3.24. The molecule has 0 saturated carbocycles. The standard InChI is InChI=1S/C23H16Cl2N2O3S/c24-19-7-4-8-20(25)18(19)12-31-13-21(28)26-14-9-10-16-17(11-14)23(30)27(22(16)29)15-5-2-1-3-6-15/h1-11H,12-13H2,(H,26,28).